The second-order valence-electron chi connectivity index (χ2n) is 7.31. The maximum Gasteiger partial charge on any atom is 0.317 e. The fraction of sp³-hybridized carbons (Fsp3) is 0.364. The van der Waals surface area contributed by atoms with E-state index < -0.39 is 17.7 Å². The average molecular weight is 384 g/mol. The summed E-state index contributed by atoms with van der Waals surface area (Å²) >= 11 is 0. The van der Waals surface area contributed by atoms with E-state index in [0.717, 1.165) is 16.7 Å². The summed E-state index contributed by atoms with van der Waals surface area (Å²) < 4.78 is 14.5. The molecule has 2 N–H and O–H groups in total. The zero-order valence-electron chi connectivity index (χ0n) is 16.1. The number of amides is 1. The minimum absolute atomic E-state index is 0.00304. The third-order valence-corrected chi connectivity index (χ3v) is 5.31. The quantitative estimate of drug-likeness (QED) is 0.767. The van der Waals surface area contributed by atoms with Crippen LogP contribution >= 0.6 is 0 Å². The Kier molecular flexibility index (Phi) is 6.09. The number of aliphatic carboxylic acids is 1. The van der Waals surface area contributed by atoms with E-state index >= 15 is 0 Å². The number of nitrogens with zero attached hydrogens (tertiary/aromatic N) is 1. The fourth-order valence-corrected chi connectivity index (χ4v) is 3.56. The first-order chi connectivity index (χ1) is 13.4. The van der Waals surface area contributed by atoms with E-state index in [1.54, 1.807) is 6.07 Å². The maximum absolute atomic E-state index is 14.5. The second kappa shape index (κ2) is 8.52. The van der Waals surface area contributed by atoms with Crippen LogP contribution in [0.15, 0.2) is 42.5 Å². The predicted molar refractivity (Wildman–Crippen MR) is 106 cm³/mol. The molecule has 2 aromatic rings. The van der Waals surface area contributed by atoms with E-state index in [-0.39, 0.29) is 24.2 Å². The summed E-state index contributed by atoms with van der Waals surface area (Å²) in [5.41, 5.74) is 2.78. The van der Waals surface area contributed by atoms with Crippen LogP contribution in [0.4, 0.5) is 4.39 Å². The van der Waals surface area contributed by atoms with Crippen molar-refractivity contribution < 1.29 is 19.1 Å². The van der Waals surface area contributed by atoms with Crippen molar-refractivity contribution in [3.63, 3.8) is 0 Å². The smallest absolute Gasteiger partial charge is 0.317 e. The first kappa shape index (κ1) is 20.0. The highest BCUT2D eigenvalue weighted by Crippen LogP contribution is 2.27. The molecule has 5 nitrogen and oxygen atoms in total. The summed E-state index contributed by atoms with van der Waals surface area (Å²) in [4.78, 5) is 25.2. The highest BCUT2D eigenvalue weighted by Gasteiger charge is 2.35. The molecule has 0 radical (unpaired) electrons. The lowest BCUT2D eigenvalue weighted by Crippen LogP contribution is -2.54. The van der Waals surface area contributed by atoms with Crippen LogP contribution in [0.1, 0.15) is 35.7 Å². The van der Waals surface area contributed by atoms with Gasteiger partial charge in [-0.2, -0.15) is 0 Å². The average Bonchev–Trinajstić information content (AvgIpc) is 2.63. The summed E-state index contributed by atoms with van der Waals surface area (Å²) in [6, 6.07) is 12.5. The van der Waals surface area contributed by atoms with Gasteiger partial charge in [-0.1, -0.05) is 42.8 Å². The van der Waals surface area contributed by atoms with Gasteiger partial charge in [0.05, 0.1) is 12.1 Å². The van der Waals surface area contributed by atoms with Crippen molar-refractivity contribution in [3.05, 3.63) is 59.4 Å². The number of hydrogen-bond donors (Lipinski definition) is 2. The lowest BCUT2D eigenvalue weighted by molar-refractivity contribution is -0.139. The summed E-state index contributed by atoms with van der Waals surface area (Å²) in [6.45, 7) is 4.55. The lowest BCUT2D eigenvalue weighted by atomic mass is 9.85. The van der Waals surface area contributed by atoms with Gasteiger partial charge >= 0.3 is 5.97 Å². The summed E-state index contributed by atoms with van der Waals surface area (Å²) in [7, 11) is 0. The SMILES string of the molecule is CCN(CC(=O)O)C1CC(NC(=O)c2ccc(-c3ccc(C)cc3)cc2F)C1. The van der Waals surface area contributed by atoms with E-state index in [4.69, 9.17) is 5.11 Å². The fourth-order valence-electron chi connectivity index (χ4n) is 3.56. The van der Waals surface area contributed by atoms with Crippen molar-refractivity contribution in [1.82, 2.24) is 10.2 Å². The standard InChI is InChI=1S/C22H25FN2O3/c1-3-25(13-21(26)27)18-11-17(12-18)24-22(28)19-9-8-16(10-20(19)23)15-6-4-14(2)5-7-15/h4-10,17-18H,3,11-13H2,1-2H3,(H,24,28)(H,26,27). The van der Waals surface area contributed by atoms with Gasteiger partial charge < -0.3 is 10.4 Å². The summed E-state index contributed by atoms with van der Waals surface area (Å²) in [5.74, 6) is -1.84. The van der Waals surface area contributed by atoms with Crippen molar-refractivity contribution in [1.29, 1.82) is 0 Å². The molecular formula is C22H25FN2O3. The maximum atomic E-state index is 14.5. The third-order valence-electron chi connectivity index (χ3n) is 5.31. The van der Waals surface area contributed by atoms with Crippen molar-refractivity contribution in [3.8, 4) is 11.1 Å². The minimum atomic E-state index is -0.856. The summed E-state index contributed by atoms with van der Waals surface area (Å²) in [5, 5.41) is 11.8. The minimum Gasteiger partial charge on any atom is -0.480 e. The van der Waals surface area contributed by atoms with Gasteiger partial charge in [-0.3, -0.25) is 14.5 Å². The molecule has 1 fully saturated rings. The van der Waals surface area contributed by atoms with E-state index in [9.17, 15) is 14.0 Å². The first-order valence-electron chi connectivity index (χ1n) is 9.50. The van der Waals surface area contributed by atoms with E-state index in [2.05, 4.69) is 5.32 Å². The molecule has 0 saturated heterocycles. The molecule has 28 heavy (non-hydrogen) atoms. The summed E-state index contributed by atoms with van der Waals surface area (Å²) in [6.07, 6.45) is 1.35. The highest BCUT2D eigenvalue weighted by molar-refractivity contribution is 5.95. The van der Waals surface area contributed by atoms with E-state index in [1.807, 2.05) is 43.0 Å². The van der Waals surface area contributed by atoms with Gasteiger partial charge in [-0.05, 0) is 49.6 Å². The molecule has 0 aliphatic heterocycles. The molecule has 6 heteroatoms. The molecule has 1 saturated carbocycles. The Labute approximate surface area is 164 Å². The molecule has 1 amide bonds. The monoisotopic (exact) mass is 384 g/mol. The van der Waals surface area contributed by atoms with E-state index in [0.29, 0.717) is 19.4 Å². The normalized spacial score (nSPS) is 18.6. The predicted octanol–water partition coefficient (Wildman–Crippen LogP) is 3.47. The van der Waals surface area contributed by atoms with Crippen LogP contribution in [0.3, 0.4) is 0 Å². The van der Waals surface area contributed by atoms with Crippen LogP contribution < -0.4 is 5.32 Å². The number of carbonyl (C=O) groups is 2. The molecular weight excluding hydrogens is 359 g/mol. The Morgan fingerprint density at radius 3 is 2.36 bits per heavy atom. The molecule has 0 heterocycles. The number of nitrogens with one attached hydrogen (secondary N) is 1. The number of likely N-dealkylation sites (N-methyl/N-ethyl adjacent to an activating group) is 1. The third kappa shape index (κ3) is 4.57. The largest absolute Gasteiger partial charge is 0.480 e. The Morgan fingerprint density at radius 2 is 1.79 bits per heavy atom. The van der Waals surface area contributed by atoms with Crippen LogP contribution in [0.2, 0.25) is 0 Å². The van der Waals surface area contributed by atoms with Crippen molar-refractivity contribution in [2.45, 2.75) is 38.8 Å². The van der Waals surface area contributed by atoms with Crippen LogP contribution in [-0.2, 0) is 4.79 Å². The van der Waals surface area contributed by atoms with Crippen molar-refractivity contribution in [2.75, 3.05) is 13.1 Å². The molecule has 2 aromatic carbocycles. The number of aryl methyl sites for hydroxylation is 1. The second-order valence-corrected chi connectivity index (χ2v) is 7.31. The number of rotatable bonds is 7. The Hall–Kier alpha value is -2.73. The van der Waals surface area contributed by atoms with Crippen molar-refractivity contribution in [2.24, 2.45) is 0 Å². The van der Waals surface area contributed by atoms with Crippen LogP contribution in [-0.4, -0.2) is 47.1 Å². The molecule has 148 valence electrons. The number of hydrogen-bond acceptors (Lipinski definition) is 3. The van der Waals surface area contributed by atoms with Crippen LogP contribution in [0, 0.1) is 12.7 Å². The van der Waals surface area contributed by atoms with Crippen molar-refractivity contribution >= 4 is 11.9 Å². The Balaban J connectivity index is 1.60. The lowest BCUT2D eigenvalue weighted by Gasteiger charge is -2.42. The van der Waals surface area contributed by atoms with Crippen LogP contribution in [0.25, 0.3) is 11.1 Å². The molecule has 0 bridgehead atoms. The van der Waals surface area contributed by atoms with Gasteiger partial charge in [0.25, 0.3) is 5.91 Å². The molecule has 0 spiro atoms. The topological polar surface area (TPSA) is 69.6 Å². The molecule has 0 atom stereocenters. The van der Waals surface area contributed by atoms with Gasteiger partial charge in [-0.25, -0.2) is 4.39 Å². The zero-order chi connectivity index (χ0) is 20.3. The van der Waals surface area contributed by atoms with Gasteiger partial charge in [0.1, 0.15) is 5.82 Å². The number of carboxylic acids is 1. The van der Waals surface area contributed by atoms with E-state index in [1.165, 1.54) is 12.1 Å². The number of benzene rings is 2. The van der Waals surface area contributed by atoms with Gasteiger partial charge in [0, 0.05) is 12.1 Å². The molecule has 0 aromatic heterocycles. The number of carboxylic acid groups (broad SMARTS) is 1. The van der Waals surface area contributed by atoms with Gasteiger partial charge in [0.15, 0.2) is 0 Å². The molecule has 0 unspecified atom stereocenters. The highest BCUT2D eigenvalue weighted by atomic mass is 19.1. The van der Waals surface area contributed by atoms with Gasteiger partial charge in [-0.15, -0.1) is 0 Å². The molecule has 1 aliphatic carbocycles. The number of halogens is 1. The Morgan fingerprint density at radius 1 is 1.14 bits per heavy atom. The number of carbonyl (C=O) groups excluding carboxylic acids is 1. The van der Waals surface area contributed by atoms with Gasteiger partial charge in [0.2, 0.25) is 0 Å². The molecule has 3 rings (SSSR count). The molecule has 1 aliphatic rings. The first-order valence-corrected chi connectivity index (χ1v) is 9.50. The Bertz CT molecular complexity index is 861. The van der Waals surface area contributed by atoms with Crippen LogP contribution in [0.5, 0.6) is 0 Å². The zero-order valence-corrected chi connectivity index (χ0v) is 16.1.